The lowest BCUT2D eigenvalue weighted by molar-refractivity contribution is 0.0844. The van der Waals surface area contributed by atoms with Gasteiger partial charge in [-0.2, -0.15) is 5.10 Å². The van der Waals surface area contributed by atoms with Crippen molar-refractivity contribution in [2.75, 3.05) is 25.2 Å². The van der Waals surface area contributed by atoms with Crippen molar-refractivity contribution >= 4 is 11.6 Å². The summed E-state index contributed by atoms with van der Waals surface area (Å²) < 4.78 is 7.07. The number of hydrogen-bond acceptors (Lipinski definition) is 4. The fraction of sp³-hybridized carbons (Fsp3) is 0.471. The van der Waals surface area contributed by atoms with E-state index in [0.717, 1.165) is 43.0 Å². The Hall–Kier alpha value is -2.21. The predicted octanol–water partition coefficient (Wildman–Crippen LogP) is 2.29. The minimum absolute atomic E-state index is 0.0746. The molecular weight excluding hydrogens is 292 g/mol. The lowest BCUT2D eigenvalue weighted by Gasteiger charge is -2.20. The number of carbonyl (C=O) groups excluding carboxylic acids is 1. The lowest BCUT2D eigenvalue weighted by atomic mass is 9.96. The van der Waals surface area contributed by atoms with E-state index in [9.17, 15) is 4.79 Å². The van der Waals surface area contributed by atoms with Crippen LogP contribution in [-0.2, 0) is 11.8 Å². The fourth-order valence-electron chi connectivity index (χ4n) is 2.97. The summed E-state index contributed by atoms with van der Waals surface area (Å²) in [6, 6.07) is 3.82. The average molecular weight is 314 g/mol. The van der Waals surface area contributed by atoms with E-state index in [4.69, 9.17) is 4.74 Å². The van der Waals surface area contributed by atoms with Gasteiger partial charge in [0.25, 0.3) is 5.91 Å². The van der Waals surface area contributed by atoms with Gasteiger partial charge in [-0.15, -0.1) is 0 Å². The molecule has 0 unspecified atom stereocenters. The zero-order valence-electron chi connectivity index (χ0n) is 13.8. The molecule has 0 bridgehead atoms. The number of pyridine rings is 1. The third-order valence-corrected chi connectivity index (χ3v) is 4.43. The van der Waals surface area contributed by atoms with Crippen LogP contribution in [-0.4, -0.2) is 40.9 Å². The largest absolute Gasteiger partial charge is 0.381 e. The van der Waals surface area contributed by atoms with Crippen molar-refractivity contribution in [2.24, 2.45) is 7.05 Å². The zero-order chi connectivity index (χ0) is 16.4. The van der Waals surface area contributed by atoms with Crippen molar-refractivity contribution in [3.05, 3.63) is 41.5 Å². The monoisotopic (exact) mass is 314 g/mol. The molecule has 6 heteroatoms. The summed E-state index contributed by atoms with van der Waals surface area (Å²) in [6.45, 7) is 3.50. The van der Waals surface area contributed by atoms with Crippen LogP contribution in [0.3, 0.4) is 0 Å². The van der Waals surface area contributed by atoms with Crippen LogP contribution in [0, 0.1) is 6.92 Å². The van der Waals surface area contributed by atoms with E-state index in [1.165, 1.54) is 0 Å². The Morgan fingerprint density at radius 2 is 2.13 bits per heavy atom. The Bertz CT molecular complexity index is 704. The SMILES string of the molecule is Cc1ccncc1N(C)C(=O)c1cc(C2CCOCC2)nn1C. The molecule has 6 nitrogen and oxygen atoms in total. The topological polar surface area (TPSA) is 60.3 Å². The minimum Gasteiger partial charge on any atom is -0.381 e. The van der Waals surface area contributed by atoms with Gasteiger partial charge in [-0.1, -0.05) is 0 Å². The van der Waals surface area contributed by atoms with Gasteiger partial charge in [0, 0.05) is 39.4 Å². The Kier molecular flexibility index (Phi) is 4.43. The van der Waals surface area contributed by atoms with Crippen molar-refractivity contribution in [1.29, 1.82) is 0 Å². The maximum absolute atomic E-state index is 12.8. The minimum atomic E-state index is -0.0746. The second-order valence-electron chi connectivity index (χ2n) is 5.99. The fourth-order valence-corrected chi connectivity index (χ4v) is 2.97. The number of nitrogens with zero attached hydrogens (tertiary/aromatic N) is 4. The van der Waals surface area contributed by atoms with E-state index in [0.29, 0.717) is 11.6 Å². The van der Waals surface area contributed by atoms with Gasteiger partial charge < -0.3 is 9.64 Å². The van der Waals surface area contributed by atoms with Crippen LogP contribution in [0.4, 0.5) is 5.69 Å². The third kappa shape index (κ3) is 3.12. The molecule has 0 N–H and O–H groups in total. The summed E-state index contributed by atoms with van der Waals surface area (Å²) in [7, 11) is 3.59. The second-order valence-corrected chi connectivity index (χ2v) is 5.99. The van der Waals surface area contributed by atoms with E-state index in [-0.39, 0.29) is 5.91 Å². The molecule has 1 aliphatic rings. The van der Waals surface area contributed by atoms with Gasteiger partial charge in [0.1, 0.15) is 5.69 Å². The van der Waals surface area contributed by atoms with Crippen LogP contribution in [0.15, 0.2) is 24.5 Å². The third-order valence-electron chi connectivity index (χ3n) is 4.43. The quantitative estimate of drug-likeness (QED) is 0.872. The Morgan fingerprint density at radius 3 is 2.83 bits per heavy atom. The van der Waals surface area contributed by atoms with Crippen LogP contribution in [0.25, 0.3) is 0 Å². The summed E-state index contributed by atoms with van der Waals surface area (Å²) in [4.78, 5) is 18.6. The highest BCUT2D eigenvalue weighted by molar-refractivity contribution is 6.05. The first-order valence-electron chi connectivity index (χ1n) is 7.88. The number of carbonyl (C=O) groups is 1. The highest BCUT2D eigenvalue weighted by Gasteiger charge is 2.24. The van der Waals surface area contributed by atoms with Crippen molar-refractivity contribution in [3.63, 3.8) is 0 Å². The second kappa shape index (κ2) is 6.50. The number of anilines is 1. The summed E-state index contributed by atoms with van der Waals surface area (Å²) >= 11 is 0. The number of aryl methyl sites for hydroxylation is 2. The lowest BCUT2D eigenvalue weighted by Crippen LogP contribution is -2.28. The van der Waals surface area contributed by atoms with Crippen LogP contribution < -0.4 is 4.90 Å². The van der Waals surface area contributed by atoms with E-state index in [1.54, 1.807) is 29.0 Å². The maximum Gasteiger partial charge on any atom is 0.276 e. The molecule has 0 atom stereocenters. The first-order valence-corrected chi connectivity index (χ1v) is 7.88. The standard InChI is InChI=1S/C17H22N4O2/c1-12-4-7-18-11-16(12)20(2)17(22)15-10-14(19-21(15)3)13-5-8-23-9-6-13/h4,7,10-11,13H,5-6,8-9H2,1-3H3. The molecule has 0 saturated carbocycles. The van der Waals surface area contributed by atoms with Crippen molar-refractivity contribution in [3.8, 4) is 0 Å². The number of hydrogen-bond donors (Lipinski definition) is 0. The molecule has 0 aromatic carbocycles. The van der Waals surface area contributed by atoms with Crippen molar-refractivity contribution in [2.45, 2.75) is 25.7 Å². The van der Waals surface area contributed by atoms with Crippen LogP contribution in [0.2, 0.25) is 0 Å². The Labute approximate surface area is 136 Å². The molecule has 2 aromatic heterocycles. The molecule has 122 valence electrons. The Balaban J connectivity index is 1.85. The molecule has 23 heavy (non-hydrogen) atoms. The first-order chi connectivity index (χ1) is 11.1. The van der Waals surface area contributed by atoms with Gasteiger partial charge in [0.05, 0.1) is 17.6 Å². The van der Waals surface area contributed by atoms with Crippen molar-refractivity contribution in [1.82, 2.24) is 14.8 Å². The smallest absolute Gasteiger partial charge is 0.276 e. The molecule has 3 heterocycles. The average Bonchev–Trinajstić information content (AvgIpc) is 2.97. The molecule has 1 fully saturated rings. The molecular formula is C17H22N4O2. The van der Waals surface area contributed by atoms with Crippen molar-refractivity contribution < 1.29 is 9.53 Å². The molecule has 0 aliphatic carbocycles. The van der Waals surface area contributed by atoms with Gasteiger partial charge in [-0.3, -0.25) is 14.5 Å². The molecule has 3 rings (SSSR count). The maximum atomic E-state index is 12.8. The van der Waals surface area contributed by atoms with E-state index in [1.807, 2.05) is 26.1 Å². The summed E-state index contributed by atoms with van der Waals surface area (Å²) in [5.74, 6) is 0.302. The molecule has 1 saturated heterocycles. The van der Waals surface area contributed by atoms with Gasteiger partial charge >= 0.3 is 0 Å². The Morgan fingerprint density at radius 1 is 1.39 bits per heavy atom. The van der Waals surface area contributed by atoms with Crippen LogP contribution >= 0.6 is 0 Å². The number of rotatable bonds is 3. The molecule has 1 amide bonds. The van der Waals surface area contributed by atoms with E-state index < -0.39 is 0 Å². The summed E-state index contributed by atoms with van der Waals surface area (Å²) in [5.41, 5.74) is 3.40. The van der Waals surface area contributed by atoms with Gasteiger partial charge in [0.15, 0.2) is 0 Å². The van der Waals surface area contributed by atoms with Gasteiger partial charge in [0.2, 0.25) is 0 Å². The number of ether oxygens (including phenoxy) is 1. The highest BCUT2D eigenvalue weighted by Crippen LogP contribution is 2.27. The van der Waals surface area contributed by atoms with E-state index >= 15 is 0 Å². The summed E-state index contributed by atoms with van der Waals surface area (Å²) in [5, 5.41) is 4.55. The summed E-state index contributed by atoms with van der Waals surface area (Å²) in [6.07, 6.45) is 5.36. The van der Waals surface area contributed by atoms with Gasteiger partial charge in [-0.25, -0.2) is 0 Å². The first kappa shape index (κ1) is 15.7. The normalized spacial score (nSPS) is 15.6. The predicted molar refractivity (Wildman–Crippen MR) is 87.7 cm³/mol. The number of amides is 1. The van der Waals surface area contributed by atoms with Gasteiger partial charge in [-0.05, 0) is 37.5 Å². The highest BCUT2D eigenvalue weighted by atomic mass is 16.5. The molecule has 2 aromatic rings. The molecule has 0 radical (unpaired) electrons. The molecule has 0 spiro atoms. The van der Waals surface area contributed by atoms with E-state index in [2.05, 4.69) is 10.1 Å². The zero-order valence-corrected chi connectivity index (χ0v) is 13.8. The number of aromatic nitrogens is 3. The van der Waals surface area contributed by atoms with Crippen LogP contribution in [0.5, 0.6) is 0 Å². The molecule has 1 aliphatic heterocycles. The van der Waals surface area contributed by atoms with Crippen LogP contribution in [0.1, 0.15) is 40.5 Å².